The molecule has 4 heteroatoms. The fraction of sp³-hybridized carbons (Fsp3) is 0.143. The summed E-state index contributed by atoms with van der Waals surface area (Å²) in [6.07, 6.45) is 1.64. The van der Waals surface area contributed by atoms with Crippen molar-refractivity contribution in [2.24, 2.45) is 0 Å². The Kier molecular flexibility index (Phi) is 1.25. The summed E-state index contributed by atoms with van der Waals surface area (Å²) in [5, 5.41) is 6.22. The fourth-order valence-corrected chi connectivity index (χ4v) is 0.977. The van der Waals surface area contributed by atoms with Crippen molar-refractivity contribution in [3.8, 4) is 0 Å². The van der Waals surface area contributed by atoms with E-state index in [9.17, 15) is 4.79 Å². The van der Waals surface area contributed by atoms with E-state index in [4.69, 9.17) is 0 Å². The summed E-state index contributed by atoms with van der Waals surface area (Å²) in [4.78, 5) is 14.7. The third-order valence-corrected chi connectivity index (χ3v) is 1.51. The highest BCUT2D eigenvalue weighted by Gasteiger charge is 2.14. The largest absolute Gasteiger partial charge is 0.342 e. The highest BCUT2D eigenvalue weighted by molar-refractivity contribution is 5.90. The summed E-state index contributed by atoms with van der Waals surface area (Å²) in [5.74, 6) is 0.632. The molecule has 55 valence electrons. The van der Waals surface area contributed by atoms with Crippen molar-refractivity contribution >= 4 is 11.8 Å². The number of urea groups is 1. The highest BCUT2D eigenvalue weighted by atomic mass is 16.2. The number of anilines is 1. The van der Waals surface area contributed by atoms with E-state index < -0.39 is 0 Å². The Morgan fingerprint density at radius 2 is 2.45 bits per heavy atom. The molecule has 0 aliphatic carbocycles. The van der Waals surface area contributed by atoms with E-state index in [0.717, 1.165) is 5.56 Å². The molecule has 1 radical (unpaired) electrons. The highest BCUT2D eigenvalue weighted by Crippen LogP contribution is 2.14. The molecule has 0 atom stereocenters. The van der Waals surface area contributed by atoms with E-state index in [2.05, 4.69) is 15.6 Å². The topological polar surface area (TPSA) is 56.1 Å². The third kappa shape index (κ3) is 1.02. The number of fused-ring (bicyclic) bond motifs is 1. The molecular formula is C7H6N3O. The Morgan fingerprint density at radius 3 is 3.36 bits per heavy atom. The minimum atomic E-state index is -0.309. The van der Waals surface area contributed by atoms with Crippen LogP contribution >= 0.6 is 0 Å². The number of hydrogen-bond donors (Lipinski definition) is 1. The van der Waals surface area contributed by atoms with Crippen molar-refractivity contribution in [3.63, 3.8) is 0 Å². The maximum atomic E-state index is 10.7. The minimum Gasteiger partial charge on any atom is -0.290 e. The number of pyridine rings is 1. The summed E-state index contributed by atoms with van der Waals surface area (Å²) in [6.45, 7) is 0.439. The van der Waals surface area contributed by atoms with Gasteiger partial charge in [0.25, 0.3) is 0 Å². The molecule has 2 rings (SSSR count). The van der Waals surface area contributed by atoms with Crippen molar-refractivity contribution in [2.75, 3.05) is 5.32 Å². The second kappa shape index (κ2) is 2.23. The van der Waals surface area contributed by atoms with Crippen LogP contribution in [0.4, 0.5) is 10.6 Å². The zero-order valence-electron chi connectivity index (χ0n) is 5.74. The molecule has 0 bridgehead atoms. The second-order valence-electron chi connectivity index (χ2n) is 2.26. The maximum Gasteiger partial charge on any atom is 0.342 e. The Morgan fingerprint density at radius 1 is 1.55 bits per heavy atom. The van der Waals surface area contributed by atoms with Gasteiger partial charge < -0.3 is 0 Å². The van der Waals surface area contributed by atoms with Crippen LogP contribution in [0.2, 0.25) is 0 Å². The third-order valence-electron chi connectivity index (χ3n) is 1.51. The summed E-state index contributed by atoms with van der Waals surface area (Å²) < 4.78 is 0. The van der Waals surface area contributed by atoms with Gasteiger partial charge in [0.05, 0.1) is 6.54 Å². The van der Waals surface area contributed by atoms with Crippen LogP contribution in [0, 0.1) is 0 Å². The first-order chi connectivity index (χ1) is 5.36. The predicted octanol–water partition coefficient (Wildman–Crippen LogP) is 0.731. The first kappa shape index (κ1) is 6.15. The van der Waals surface area contributed by atoms with Crippen LogP contribution < -0.4 is 10.6 Å². The van der Waals surface area contributed by atoms with Gasteiger partial charge in [-0.25, -0.2) is 15.1 Å². The van der Waals surface area contributed by atoms with Crippen molar-refractivity contribution in [3.05, 3.63) is 23.9 Å². The molecule has 2 amide bonds. The molecule has 1 aromatic rings. The Bertz CT molecular complexity index is 297. The summed E-state index contributed by atoms with van der Waals surface area (Å²) in [7, 11) is 0. The zero-order valence-corrected chi connectivity index (χ0v) is 5.74. The number of hydrogen-bond acceptors (Lipinski definition) is 2. The van der Waals surface area contributed by atoms with Crippen LogP contribution in [0.1, 0.15) is 5.56 Å². The van der Waals surface area contributed by atoms with Crippen LogP contribution in [0.3, 0.4) is 0 Å². The number of rotatable bonds is 0. The molecule has 1 aliphatic heterocycles. The number of carbonyl (C=O) groups is 1. The van der Waals surface area contributed by atoms with Gasteiger partial charge in [-0.3, -0.25) is 5.32 Å². The quantitative estimate of drug-likeness (QED) is 0.589. The van der Waals surface area contributed by atoms with Gasteiger partial charge in [0, 0.05) is 11.8 Å². The van der Waals surface area contributed by atoms with Gasteiger partial charge in [0.1, 0.15) is 5.82 Å². The minimum absolute atomic E-state index is 0.309. The number of carbonyl (C=O) groups excluding carboxylic acids is 1. The maximum absolute atomic E-state index is 10.7. The van der Waals surface area contributed by atoms with Gasteiger partial charge in [0.2, 0.25) is 0 Å². The molecule has 0 saturated carbocycles. The lowest BCUT2D eigenvalue weighted by Gasteiger charge is -2.13. The van der Waals surface area contributed by atoms with Crippen molar-refractivity contribution < 1.29 is 4.79 Å². The Hall–Kier alpha value is -1.58. The van der Waals surface area contributed by atoms with E-state index in [1.807, 2.05) is 12.1 Å². The first-order valence-electron chi connectivity index (χ1n) is 3.28. The molecule has 1 N–H and O–H groups in total. The van der Waals surface area contributed by atoms with Crippen molar-refractivity contribution in [2.45, 2.75) is 6.54 Å². The lowest BCUT2D eigenvalue weighted by atomic mass is 10.2. The Balaban J connectivity index is 2.41. The summed E-state index contributed by atoms with van der Waals surface area (Å²) >= 11 is 0. The van der Waals surface area contributed by atoms with Crippen LogP contribution in [0.5, 0.6) is 0 Å². The number of aromatic nitrogens is 1. The molecule has 2 heterocycles. The molecule has 0 unspecified atom stereocenters. The normalized spacial score (nSPS) is 14.7. The molecule has 11 heavy (non-hydrogen) atoms. The van der Waals surface area contributed by atoms with Gasteiger partial charge in [-0.05, 0) is 6.07 Å². The predicted molar refractivity (Wildman–Crippen MR) is 39.1 cm³/mol. The molecular weight excluding hydrogens is 142 g/mol. The summed E-state index contributed by atoms with van der Waals surface area (Å²) in [6, 6.07) is 3.41. The molecule has 0 saturated heterocycles. The van der Waals surface area contributed by atoms with Crippen LogP contribution in [-0.2, 0) is 6.54 Å². The van der Waals surface area contributed by atoms with E-state index in [0.29, 0.717) is 12.4 Å². The van der Waals surface area contributed by atoms with Crippen LogP contribution in [-0.4, -0.2) is 11.0 Å². The number of nitrogens with one attached hydrogen (secondary N) is 1. The standard InChI is InChI=1S/C7H6N3O/c11-7-9-4-5-2-1-3-8-6(5)10-7/h1-3H,4H2,(H,8,10,11). The average molecular weight is 148 g/mol. The molecule has 4 nitrogen and oxygen atoms in total. The molecule has 0 spiro atoms. The number of nitrogens with zero attached hydrogens (tertiary/aromatic N) is 2. The summed E-state index contributed by atoms with van der Waals surface area (Å²) in [5.41, 5.74) is 0.965. The van der Waals surface area contributed by atoms with Gasteiger partial charge >= 0.3 is 6.03 Å². The smallest absolute Gasteiger partial charge is 0.290 e. The first-order valence-corrected chi connectivity index (χ1v) is 3.28. The lowest BCUT2D eigenvalue weighted by Crippen LogP contribution is -2.28. The Labute approximate surface area is 63.6 Å². The van der Waals surface area contributed by atoms with Gasteiger partial charge in [-0.2, -0.15) is 0 Å². The molecule has 0 fully saturated rings. The van der Waals surface area contributed by atoms with Crippen LogP contribution in [0.15, 0.2) is 18.3 Å². The van der Waals surface area contributed by atoms with E-state index >= 15 is 0 Å². The van der Waals surface area contributed by atoms with E-state index in [-0.39, 0.29) is 6.03 Å². The average Bonchev–Trinajstić information content (AvgIpc) is 2.04. The second-order valence-corrected chi connectivity index (χ2v) is 2.26. The van der Waals surface area contributed by atoms with E-state index in [1.165, 1.54) is 0 Å². The number of amides is 2. The van der Waals surface area contributed by atoms with Crippen molar-refractivity contribution in [1.29, 1.82) is 0 Å². The fourth-order valence-electron chi connectivity index (χ4n) is 0.977. The molecule has 0 aromatic carbocycles. The van der Waals surface area contributed by atoms with Crippen LogP contribution in [0.25, 0.3) is 0 Å². The zero-order chi connectivity index (χ0) is 7.68. The van der Waals surface area contributed by atoms with E-state index in [1.54, 1.807) is 6.20 Å². The van der Waals surface area contributed by atoms with Gasteiger partial charge in [-0.15, -0.1) is 0 Å². The molecule has 1 aliphatic rings. The molecule has 1 aromatic heterocycles. The SMILES string of the molecule is O=C1[N]Cc2cccnc2N1. The van der Waals surface area contributed by atoms with Crippen molar-refractivity contribution in [1.82, 2.24) is 10.3 Å². The monoisotopic (exact) mass is 148 g/mol. The lowest BCUT2D eigenvalue weighted by molar-refractivity contribution is 0.250. The van der Waals surface area contributed by atoms with Gasteiger partial charge in [0.15, 0.2) is 0 Å². The van der Waals surface area contributed by atoms with Gasteiger partial charge in [-0.1, -0.05) is 6.07 Å².